The van der Waals surface area contributed by atoms with E-state index in [9.17, 15) is 9.59 Å². The van der Waals surface area contributed by atoms with Gasteiger partial charge in [0.2, 0.25) is 5.91 Å². The molecule has 0 bridgehead atoms. The summed E-state index contributed by atoms with van der Waals surface area (Å²) >= 11 is 1.36. The van der Waals surface area contributed by atoms with Crippen molar-refractivity contribution in [3.05, 3.63) is 35.9 Å². The number of nitrogens with one attached hydrogen (secondary N) is 2. The second-order valence-electron chi connectivity index (χ2n) is 7.35. The quantitative estimate of drug-likeness (QED) is 0.731. The molecule has 5 nitrogen and oxygen atoms in total. The number of amides is 2. The van der Waals surface area contributed by atoms with E-state index in [0.29, 0.717) is 16.6 Å². The van der Waals surface area contributed by atoms with Gasteiger partial charge in [-0.2, -0.15) is 0 Å². The van der Waals surface area contributed by atoms with Crippen LogP contribution in [-0.4, -0.2) is 34.1 Å². The molecular weight excluding hydrogens is 346 g/mol. The number of rotatable bonds is 7. The summed E-state index contributed by atoms with van der Waals surface area (Å²) in [5.41, 5.74) is 1.18. The largest absolute Gasteiger partial charge is 0.351 e. The lowest BCUT2D eigenvalue weighted by atomic mass is 10.0. The van der Waals surface area contributed by atoms with Crippen LogP contribution >= 0.6 is 11.8 Å². The first-order chi connectivity index (χ1) is 12.4. The highest BCUT2D eigenvalue weighted by Crippen LogP contribution is 2.26. The number of hydrogen-bond donors (Lipinski definition) is 2. The van der Waals surface area contributed by atoms with Gasteiger partial charge in [-0.25, -0.2) is 4.98 Å². The van der Waals surface area contributed by atoms with Crippen molar-refractivity contribution in [3.8, 4) is 0 Å². The third-order valence-electron chi connectivity index (χ3n) is 4.56. The standard InChI is InChI=1S/C20H25N3O2S/c1-4-20(2,3)23-17(24)12-26-18-11-15(19(25)21-13-9-10-13)14-7-5-6-8-16(14)22-18/h5-8,11,13H,4,9-10,12H2,1-3H3,(H,21,25)(H,23,24). The maximum absolute atomic E-state index is 12.6. The Hall–Kier alpha value is -2.08. The van der Waals surface area contributed by atoms with Gasteiger partial charge < -0.3 is 10.6 Å². The van der Waals surface area contributed by atoms with Crippen LogP contribution < -0.4 is 10.6 Å². The lowest BCUT2D eigenvalue weighted by molar-refractivity contribution is -0.120. The summed E-state index contributed by atoms with van der Waals surface area (Å²) < 4.78 is 0. The van der Waals surface area contributed by atoms with Crippen molar-refractivity contribution in [1.29, 1.82) is 0 Å². The third-order valence-corrected chi connectivity index (χ3v) is 5.47. The number of pyridine rings is 1. The highest BCUT2D eigenvalue weighted by atomic mass is 32.2. The molecule has 1 aliphatic carbocycles. The number of thioether (sulfide) groups is 1. The Kier molecular flexibility index (Phi) is 5.51. The zero-order chi connectivity index (χ0) is 18.7. The molecule has 1 aromatic heterocycles. The first kappa shape index (κ1) is 18.7. The predicted molar refractivity (Wildman–Crippen MR) is 105 cm³/mol. The Labute approximate surface area is 158 Å². The van der Waals surface area contributed by atoms with E-state index in [2.05, 4.69) is 15.6 Å². The lowest BCUT2D eigenvalue weighted by Gasteiger charge is -2.24. The monoisotopic (exact) mass is 371 g/mol. The molecule has 0 unspecified atom stereocenters. The van der Waals surface area contributed by atoms with Crippen LogP contribution in [0.15, 0.2) is 35.4 Å². The van der Waals surface area contributed by atoms with E-state index < -0.39 is 0 Å². The number of fused-ring (bicyclic) bond motifs is 1. The maximum atomic E-state index is 12.6. The number of benzene rings is 1. The molecule has 1 aliphatic rings. The van der Waals surface area contributed by atoms with E-state index in [4.69, 9.17) is 0 Å². The summed E-state index contributed by atoms with van der Waals surface area (Å²) in [7, 11) is 0. The summed E-state index contributed by atoms with van der Waals surface area (Å²) in [6.45, 7) is 6.05. The van der Waals surface area contributed by atoms with E-state index in [1.165, 1.54) is 11.8 Å². The lowest BCUT2D eigenvalue weighted by Crippen LogP contribution is -2.43. The zero-order valence-electron chi connectivity index (χ0n) is 15.5. The van der Waals surface area contributed by atoms with E-state index >= 15 is 0 Å². The molecule has 0 spiro atoms. The molecule has 1 saturated carbocycles. The molecular formula is C20H25N3O2S. The van der Waals surface area contributed by atoms with Crippen molar-refractivity contribution < 1.29 is 9.59 Å². The number of para-hydroxylation sites is 1. The molecule has 26 heavy (non-hydrogen) atoms. The Morgan fingerprint density at radius 1 is 1.27 bits per heavy atom. The molecule has 0 atom stereocenters. The van der Waals surface area contributed by atoms with E-state index in [1.807, 2.05) is 45.0 Å². The van der Waals surface area contributed by atoms with Gasteiger partial charge in [0, 0.05) is 17.0 Å². The maximum Gasteiger partial charge on any atom is 0.252 e. The van der Waals surface area contributed by atoms with Crippen LogP contribution in [0, 0.1) is 0 Å². The highest BCUT2D eigenvalue weighted by Gasteiger charge is 2.25. The molecule has 138 valence electrons. The summed E-state index contributed by atoms with van der Waals surface area (Å²) in [6.07, 6.45) is 2.95. The molecule has 3 rings (SSSR count). The van der Waals surface area contributed by atoms with Crippen LogP contribution in [0.4, 0.5) is 0 Å². The first-order valence-corrected chi connectivity index (χ1v) is 10.0. The van der Waals surface area contributed by atoms with E-state index in [0.717, 1.165) is 30.2 Å². The van der Waals surface area contributed by atoms with Crippen molar-refractivity contribution >= 4 is 34.5 Å². The Balaban J connectivity index is 1.78. The summed E-state index contributed by atoms with van der Waals surface area (Å²) in [6, 6.07) is 9.71. The van der Waals surface area contributed by atoms with Gasteiger partial charge in [-0.3, -0.25) is 9.59 Å². The van der Waals surface area contributed by atoms with Crippen LogP contribution in [0.2, 0.25) is 0 Å². The number of hydrogen-bond acceptors (Lipinski definition) is 4. The minimum atomic E-state index is -0.218. The summed E-state index contributed by atoms with van der Waals surface area (Å²) in [5, 5.41) is 7.58. The van der Waals surface area contributed by atoms with Gasteiger partial charge in [-0.15, -0.1) is 0 Å². The zero-order valence-corrected chi connectivity index (χ0v) is 16.3. The minimum absolute atomic E-state index is 0.0270. The molecule has 2 N–H and O–H groups in total. The molecule has 0 aliphatic heterocycles. The second kappa shape index (κ2) is 7.66. The smallest absolute Gasteiger partial charge is 0.252 e. The highest BCUT2D eigenvalue weighted by molar-refractivity contribution is 7.99. The Morgan fingerprint density at radius 2 is 2.00 bits per heavy atom. The SMILES string of the molecule is CCC(C)(C)NC(=O)CSc1cc(C(=O)NC2CC2)c2ccccc2n1. The molecule has 0 radical (unpaired) electrons. The van der Waals surface area contributed by atoms with Gasteiger partial charge >= 0.3 is 0 Å². The average molecular weight is 372 g/mol. The van der Waals surface area contributed by atoms with Gasteiger partial charge in [-0.1, -0.05) is 36.9 Å². The molecule has 1 heterocycles. The summed E-state index contributed by atoms with van der Waals surface area (Å²) in [5.74, 6) is 0.184. The Morgan fingerprint density at radius 3 is 2.69 bits per heavy atom. The first-order valence-electron chi connectivity index (χ1n) is 9.02. The van der Waals surface area contributed by atoms with Crippen LogP contribution in [0.3, 0.4) is 0 Å². The number of carbonyl (C=O) groups is 2. The van der Waals surface area contributed by atoms with E-state index in [-0.39, 0.29) is 23.1 Å². The van der Waals surface area contributed by atoms with E-state index in [1.54, 1.807) is 6.07 Å². The molecule has 1 fully saturated rings. The second-order valence-corrected chi connectivity index (χ2v) is 8.34. The molecule has 1 aromatic carbocycles. The fourth-order valence-electron chi connectivity index (χ4n) is 2.55. The fourth-order valence-corrected chi connectivity index (χ4v) is 3.26. The molecule has 0 saturated heterocycles. The van der Waals surface area contributed by atoms with Gasteiger partial charge in [0.05, 0.1) is 21.9 Å². The third kappa shape index (κ3) is 4.75. The summed E-state index contributed by atoms with van der Waals surface area (Å²) in [4.78, 5) is 29.4. The van der Waals surface area contributed by atoms with Crippen LogP contribution in [0.5, 0.6) is 0 Å². The van der Waals surface area contributed by atoms with Crippen molar-refractivity contribution in [2.75, 3.05) is 5.75 Å². The topological polar surface area (TPSA) is 71.1 Å². The van der Waals surface area contributed by atoms with Crippen LogP contribution in [0.1, 0.15) is 50.4 Å². The normalized spacial score (nSPS) is 14.3. The van der Waals surface area contributed by atoms with Crippen LogP contribution in [-0.2, 0) is 4.79 Å². The van der Waals surface area contributed by atoms with Crippen molar-refractivity contribution in [2.45, 2.75) is 56.6 Å². The molecule has 2 aromatic rings. The predicted octanol–water partition coefficient (Wildman–Crippen LogP) is 3.52. The van der Waals surface area contributed by atoms with Gasteiger partial charge in [0.15, 0.2) is 0 Å². The molecule has 2 amide bonds. The van der Waals surface area contributed by atoms with Gasteiger partial charge in [0.25, 0.3) is 5.91 Å². The number of aromatic nitrogens is 1. The number of nitrogens with zero attached hydrogens (tertiary/aromatic N) is 1. The average Bonchev–Trinajstić information content (AvgIpc) is 3.42. The van der Waals surface area contributed by atoms with Crippen molar-refractivity contribution in [1.82, 2.24) is 15.6 Å². The van der Waals surface area contributed by atoms with Crippen molar-refractivity contribution in [3.63, 3.8) is 0 Å². The molecule has 6 heteroatoms. The number of carbonyl (C=O) groups excluding carboxylic acids is 2. The van der Waals surface area contributed by atoms with Crippen LogP contribution in [0.25, 0.3) is 10.9 Å². The van der Waals surface area contributed by atoms with Gasteiger partial charge in [0.1, 0.15) is 0 Å². The van der Waals surface area contributed by atoms with Gasteiger partial charge in [-0.05, 0) is 45.2 Å². The van der Waals surface area contributed by atoms with Crippen molar-refractivity contribution in [2.24, 2.45) is 0 Å². The fraction of sp³-hybridized carbons (Fsp3) is 0.450. The Bertz CT molecular complexity index is 831. The minimum Gasteiger partial charge on any atom is -0.351 e.